The number of anilines is 1. The van der Waals surface area contributed by atoms with Crippen LogP contribution in [-0.4, -0.2) is 15.7 Å². The van der Waals surface area contributed by atoms with Crippen molar-refractivity contribution in [3.63, 3.8) is 0 Å². The molecule has 5 heteroatoms. The Balaban J connectivity index is 2.43. The van der Waals surface area contributed by atoms with Gasteiger partial charge in [-0.1, -0.05) is 49.0 Å². The molecule has 1 aromatic heterocycles. The number of hydrazine groups is 1. The fourth-order valence-corrected chi connectivity index (χ4v) is 2.03. The van der Waals surface area contributed by atoms with E-state index in [1.54, 1.807) is 11.8 Å². The zero-order chi connectivity index (χ0) is 12.1. The van der Waals surface area contributed by atoms with Gasteiger partial charge in [0.25, 0.3) is 0 Å². The van der Waals surface area contributed by atoms with Gasteiger partial charge in [0, 0.05) is 11.6 Å². The fourth-order valence-electron chi connectivity index (χ4n) is 1.45. The minimum absolute atomic E-state index is 0.634. The normalized spacial score (nSPS) is 10.2. The molecule has 0 bridgehead atoms. The molecular formula is C12H14N4S. The van der Waals surface area contributed by atoms with Gasteiger partial charge >= 0.3 is 0 Å². The minimum Gasteiger partial charge on any atom is -0.308 e. The van der Waals surface area contributed by atoms with Crippen LogP contribution in [0.1, 0.15) is 6.92 Å². The van der Waals surface area contributed by atoms with Crippen LogP contribution in [0.15, 0.2) is 41.6 Å². The summed E-state index contributed by atoms with van der Waals surface area (Å²) in [7, 11) is 0. The maximum atomic E-state index is 5.41. The van der Waals surface area contributed by atoms with Crippen LogP contribution in [0.4, 0.5) is 5.82 Å². The second kappa shape index (κ2) is 5.65. The van der Waals surface area contributed by atoms with Gasteiger partial charge in [-0.25, -0.2) is 15.8 Å². The maximum Gasteiger partial charge on any atom is 0.190 e. The van der Waals surface area contributed by atoms with Crippen molar-refractivity contribution >= 4 is 17.6 Å². The molecule has 17 heavy (non-hydrogen) atoms. The summed E-state index contributed by atoms with van der Waals surface area (Å²) in [6.45, 7) is 2.07. The summed E-state index contributed by atoms with van der Waals surface area (Å²) in [5.41, 5.74) is 4.51. The molecule has 2 rings (SSSR count). The molecule has 1 aromatic carbocycles. The van der Waals surface area contributed by atoms with Crippen LogP contribution in [0.3, 0.4) is 0 Å². The minimum atomic E-state index is 0.634. The number of nitrogens with two attached hydrogens (primary N) is 1. The van der Waals surface area contributed by atoms with Gasteiger partial charge in [0.05, 0.1) is 5.69 Å². The summed E-state index contributed by atoms with van der Waals surface area (Å²) in [6, 6.07) is 11.8. The molecule has 4 nitrogen and oxygen atoms in total. The maximum absolute atomic E-state index is 5.41. The summed E-state index contributed by atoms with van der Waals surface area (Å²) in [5.74, 6) is 6.98. The third-order valence-corrected chi connectivity index (χ3v) is 2.93. The number of nitrogen functional groups attached to an aromatic ring is 1. The molecule has 0 aliphatic heterocycles. The van der Waals surface area contributed by atoms with Crippen molar-refractivity contribution in [3.05, 3.63) is 36.4 Å². The third kappa shape index (κ3) is 2.95. The fraction of sp³-hybridized carbons (Fsp3) is 0.167. The van der Waals surface area contributed by atoms with E-state index in [9.17, 15) is 0 Å². The standard InChI is InChI=1S/C12H14N4S/c1-2-17-12-14-10(8-11(15-12)16-13)9-6-4-3-5-7-9/h3-8H,2,13H2,1H3,(H,14,15,16). The topological polar surface area (TPSA) is 63.8 Å². The van der Waals surface area contributed by atoms with E-state index in [2.05, 4.69) is 22.3 Å². The molecule has 0 radical (unpaired) electrons. The van der Waals surface area contributed by atoms with Crippen molar-refractivity contribution in [2.24, 2.45) is 5.84 Å². The summed E-state index contributed by atoms with van der Waals surface area (Å²) < 4.78 is 0. The number of nitrogens with one attached hydrogen (secondary N) is 1. The number of thioether (sulfide) groups is 1. The van der Waals surface area contributed by atoms with E-state index in [4.69, 9.17) is 5.84 Å². The van der Waals surface area contributed by atoms with Crippen LogP contribution >= 0.6 is 11.8 Å². The van der Waals surface area contributed by atoms with Crippen molar-refractivity contribution in [1.29, 1.82) is 0 Å². The van der Waals surface area contributed by atoms with E-state index in [0.717, 1.165) is 22.2 Å². The first-order valence-electron chi connectivity index (χ1n) is 5.37. The lowest BCUT2D eigenvalue weighted by molar-refractivity contribution is 0.969. The Hall–Kier alpha value is -1.59. The van der Waals surface area contributed by atoms with Gasteiger partial charge in [-0.15, -0.1) is 0 Å². The van der Waals surface area contributed by atoms with Gasteiger partial charge in [0.15, 0.2) is 5.16 Å². The van der Waals surface area contributed by atoms with Gasteiger partial charge in [-0.3, -0.25) is 0 Å². The van der Waals surface area contributed by atoms with E-state index in [0.29, 0.717) is 5.82 Å². The molecule has 0 saturated heterocycles. The van der Waals surface area contributed by atoms with E-state index in [-0.39, 0.29) is 0 Å². The Morgan fingerprint density at radius 1 is 1.24 bits per heavy atom. The van der Waals surface area contributed by atoms with Gasteiger partial charge in [-0.05, 0) is 5.75 Å². The number of hydrogen-bond acceptors (Lipinski definition) is 5. The van der Waals surface area contributed by atoms with Crippen molar-refractivity contribution in [2.75, 3.05) is 11.2 Å². The van der Waals surface area contributed by atoms with Crippen molar-refractivity contribution in [1.82, 2.24) is 9.97 Å². The average Bonchev–Trinajstić information content (AvgIpc) is 2.40. The molecule has 88 valence electrons. The molecule has 0 aliphatic carbocycles. The molecule has 0 unspecified atom stereocenters. The Bertz CT molecular complexity index is 487. The molecule has 0 spiro atoms. The van der Waals surface area contributed by atoms with Crippen LogP contribution in [0.5, 0.6) is 0 Å². The molecule has 2 aromatic rings. The lowest BCUT2D eigenvalue weighted by Gasteiger charge is -2.06. The lowest BCUT2D eigenvalue weighted by Crippen LogP contribution is -2.09. The Morgan fingerprint density at radius 2 is 2.00 bits per heavy atom. The molecule has 0 saturated carbocycles. The average molecular weight is 246 g/mol. The SMILES string of the molecule is CCSc1nc(NN)cc(-c2ccccc2)n1. The Morgan fingerprint density at radius 3 is 2.65 bits per heavy atom. The highest BCUT2D eigenvalue weighted by Crippen LogP contribution is 2.22. The van der Waals surface area contributed by atoms with Crippen LogP contribution in [0, 0.1) is 0 Å². The monoisotopic (exact) mass is 246 g/mol. The third-order valence-electron chi connectivity index (χ3n) is 2.20. The Kier molecular flexibility index (Phi) is 3.95. The van der Waals surface area contributed by atoms with Crippen molar-refractivity contribution < 1.29 is 0 Å². The van der Waals surface area contributed by atoms with Gasteiger partial charge in [0.1, 0.15) is 5.82 Å². The number of rotatable bonds is 4. The number of hydrogen-bond donors (Lipinski definition) is 2. The van der Waals surface area contributed by atoms with Crippen LogP contribution in [0.25, 0.3) is 11.3 Å². The quantitative estimate of drug-likeness (QED) is 0.375. The molecule has 0 fully saturated rings. The predicted octanol–water partition coefficient (Wildman–Crippen LogP) is 2.54. The first-order chi connectivity index (χ1) is 8.33. The molecule has 3 N–H and O–H groups in total. The summed E-state index contributed by atoms with van der Waals surface area (Å²) in [4.78, 5) is 8.78. The largest absolute Gasteiger partial charge is 0.308 e. The van der Waals surface area contributed by atoms with Gasteiger partial charge in [0.2, 0.25) is 0 Å². The second-order valence-corrected chi connectivity index (χ2v) is 4.60. The number of nitrogens with zero attached hydrogens (tertiary/aromatic N) is 2. The van der Waals surface area contributed by atoms with Crippen LogP contribution in [-0.2, 0) is 0 Å². The zero-order valence-electron chi connectivity index (χ0n) is 9.55. The first-order valence-corrected chi connectivity index (χ1v) is 6.36. The highest BCUT2D eigenvalue weighted by atomic mass is 32.2. The molecular weight excluding hydrogens is 232 g/mol. The van der Waals surface area contributed by atoms with Crippen molar-refractivity contribution in [2.45, 2.75) is 12.1 Å². The molecule has 1 heterocycles. The van der Waals surface area contributed by atoms with E-state index >= 15 is 0 Å². The van der Waals surface area contributed by atoms with Crippen LogP contribution in [0.2, 0.25) is 0 Å². The first kappa shape index (κ1) is 11.9. The summed E-state index contributed by atoms with van der Waals surface area (Å²) in [5, 5.41) is 0.738. The highest BCUT2D eigenvalue weighted by molar-refractivity contribution is 7.99. The molecule has 0 aliphatic rings. The van der Waals surface area contributed by atoms with E-state index in [1.807, 2.05) is 36.4 Å². The van der Waals surface area contributed by atoms with Crippen LogP contribution < -0.4 is 11.3 Å². The summed E-state index contributed by atoms with van der Waals surface area (Å²) in [6.07, 6.45) is 0. The van der Waals surface area contributed by atoms with Gasteiger partial charge < -0.3 is 5.43 Å². The lowest BCUT2D eigenvalue weighted by atomic mass is 10.1. The van der Waals surface area contributed by atoms with Gasteiger partial charge in [-0.2, -0.15) is 0 Å². The number of aromatic nitrogens is 2. The Labute approximate surface area is 105 Å². The molecule has 0 atom stereocenters. The number of benzene rings is 1. The zero-order valence-corrected chi connectivity index (χ0v) is 10.4. The highest BCUT2D eigenvalue weighted by Gasteiger charge is 2.05. The smallest absolute Gasteiger partial charge is 0.190 e. The predicted molar refractivity (Wildman–Crippen MR) is 71.7 cm³/mol. The van der Waals surface area contributed by atoms with Crippen molar-refractivity contribution in [3.8, 4) is 11.3 Å². The molecule has 0 amide bonds. The van der Waals surface area contributed by atoms with E-state index in [1.165, 1.54) is 0 Å². The second-order valence-electron chi connectivity index (χ2n) is 3.36. The van der Waals surface area contributed by atoms with E-state index < -0.39 is 0 Å². The summed E-state index contributed by atoms with van der Waals surface area (Å²) >= 11 is 1.60.